The number of esters is 1. The lowest BCUT2D eigenvalue weighted by molar-refractivity contribution is 0.0378. The second kappa shape index (κ2) is 8.93. The number of hydrogen-bond acceptors (Lipinski definition) is 6. The molecule has 6 nitrogen and oxygen atoms in total. The number of likely N-dealkylation sites (tertiary alicyclic amines) is 1. The minimum atomic E-state index is -0.348. The molecule has 0 radical (unpaired) electrons. The molecule has 1 aromatic carbocycles. The van der Waals surface area contributed by atoms with Gasteiger partial charge in [0.2, 0.25) is 0 Å². The minimum absolute atomic E-state index is 0.00351. The van der Waals surface area contributed by atoms with E-state index in [-0.39, 0.29) is 17.6 Å². The summed E-state index contributed by atoms with van der Waals surface area (Å²) in [5.41, 5.74) is 2.38. The number of nitrogens with zero attached hydrogens (tertiary/aromatic N) is 3. The van der Waals surface area contributed by atoms with Crippen molar-refractivity contribution in [3.8, 4) is 0 Å². The van der Waals surface area contributed by atoms with Gasteiger partial charge in [-0.2, -0.15) is 0 Å². The van der Waals surface area contributed by atoms with Gasteiger partial charge in [0.1, 0.15) is 10.7 Å². The van der Waals surface area contributed by atoms with E-state index >= 15 is 0 Å². The van der Waals surface area contributed by atoms with E-state index in [9.17, 15) is 9.59 Å². The van der Waals surface area contributed by atoms with Crippen LogP contribution < -0.4 is 5.56 Å². The van der Waals surface area contributed by atoms with Crippen molar-refractivity contribution in [2.45, 2.75) is 59.7 Å². The third kappa shape index (κ3) is 4.57. The Hall–Kier alpha value is -2.51. The van der Waals surface area contributed by atoms with Crippen molar-refractivity contribution < 1.29 is 9.53 Å². The first-order valence-electron chi connectivity index (χ1n) is 10.8. The Morgan fingerprint density at radius 3 is 2.65 bits per heavy atom. The molecule has 1 fully saturated rings. The van der Waals surface area contributed by atoms with E-state index in [4.69, 9.17) is 9.72 Å². The molecule has 1 saturated heterocycles. The first-order chi connectivity index (χ1) is 14.8. The van der Waals surface area contributed by atoms with Gasteiger partial charge >= 0.3 is 5.97 Å². The van der Waals surface area contributed by atoms with Crippen LogP contribution >= 0.6 is 11.3 Å². The molecular formula is C24H29N3O3S. The van der Waals surface area contributed by atoms with Crippen molar-refractivity contribution in [3.05, 3.63) is 62.0 Å². The van der Waals surface area contributed by atoms with Crippen LogP contribution in [0.1, 0.15) is 58.9 Å². The van der Waals surface area contributed by atoms with E-state index in [0.717, 1.165) is 39.7 Å². The Bertz CT molecular complexity index is 1170. The third-order valence-electron chi connectivity index (χ3n) is 5.78. The lowest BCUT2D eigenvalue weighted by atomic mass is 10.1. The SMILES string of the molecule is Cc1sc2nc(CN3CCCC3)n(Cc3cccc(C(=O)OC(C)C)c3)c(=O)c2c1C. The maximum Gasteiger partial charge on any atom is 0.338 e. The van der Waals surface area contributed by atoms with Gasteiger partial charge in [-0.05, 0) is 76.9 Å². The summed E-state index contributed by atoms with van der Waals surface area (Å²) in [7, 11) is 0. The predicted molar refractivity (Wildman–Crippen MR) is 124 cm³/mol. The molecule has 0 N–H and O–H groups in total. The summed E-state index contributed by atoms with van der Waals surface area (Å²) < 4.78 is 7.11. The van der Waals surface area contributed by atoms with Gasteiger partial charge in [0.25, 0.3) is 5.56 Å². The molecule has 164 valence electrons. The Morgan fingerprint density at radius 1 is 1.19 bits per heavy atom. The van der Waals surface area contributed by atoms with Crippen LogP contribution in [-0.4, -0.2) is 39.6 Å². The monoisotopic (exact) mass is 439 g/mol. The highest BCUT2D eigenvalue weighted by Gasteiger charge is 2.20. The number of aryl methyl sites for hydroxylation is 2. The average molecular weight is 440 g/mol. The van der Waals surface area contributed by atoms with Crippen LogP contribution in [0.5, 0.6) is 0 Å². The molecule has 0 spiro atoms. The van der Waals surface area contributed by atoms with Crippen molar-refractivity contribution in [1.82, 2.24) is 14.5 Å². The summed E-state index contributed by atoms with van der Waals surface area (Å²) >= 11 is 1.59. The fourth-order valence-corrected chi connectivity index (χ4v) is 5.09. The molecule has 1 aliphatic heterocycles. The van der Waals surface area contributed by atoms with Gasteiger partial charge in [0, 0.05) is 4.88 Å². The highest BCUT2D eigenvalue weighted by atomic mass is 32.1. The highest BCUT2D eigenvalue weighted by molar-refractivity contribution is 7.18. The standard InChI is InChI=1S/C24H29N3O3S/c1-15(2)30-24(29)19-9-7-8-18(12-19)13-27-20(14-26-10-5-6-11-26)25-22-21(23(27)28)16(3)17(4)31-22/h7-9,12,15H,5-6,10-11,13-14H2,1-4H3. The number of thiophene rings is 1. The lowest BCUT2D eigenvalue weighted by Crippen LogP contribution is -2.30. The lowest BCUT2D eigenvalue weighted by Gasteiger charge is -2.18. The molecule has 7 heteroatoms. The third-order valence-corrected chi connectivity index (χ3v) is 6.88. The first-order valence-corrected chi connectivity index (χ1v) is 11.7. The molecule has 1 aliphatic rings. The van der Waals surface area contributed by atoms with Crippen molar-refractivity contribution >= 4 is 27.5 Å². The molecule has 4 rings (SSSR count). The van der Waals surface area contributed by atoms with E-state index in [1.165, 1.54) is 12.8 Å². The topological polar surface area (TPSA) is 64.4 Å². The zero-order chi connectivity index (χ0) is 22.1. The van der Waals surface area contributed by atoms with E-state index in [0.29, 0.717) is 24.0 Å². The average Bonchev–Trinajstić information content (AvgIpc) is 3.33. The first kappa shape index (κ1) is 21.7. The molecule has 31 heavy (non-hydrogen) atoms. The van der Waals surface area contributed by atoms with Crippen molar-refractivity contribution in [3.63, 3.8) is 0 Å². The largest absolute Gasteiger partial charge is 0.459 e. The zero-order valence-electron chi connectivity index (χ0n) is 18.6. The molecule has 0 atom stereocenters. The van der Waals surface area contributed by atoms with E-state index < -0.39 is 0 Å². The summed E-state index contributed by atoms with van der Waals surface area (Å²) in [6.07, 6.45) is 2.19. The quantitative estimate of drug-likeness (QED) is 0.536. The maximum atomic E-state index is 13.5. The van der Waals surface area contributed by atoms with Crippen molar-refractivity contribution in [1.29, 1.82) is 0 Å². The van der Waals surface area contributed by atoms with Crippen molar-refractivity contribution in [2.75, 3.05) is 13.1 Å². The van der Waals surface area contributed by atoms with E-state index in [1.54, 1.807) is 22.0 Å². The Balaban J connectivity index is 1.75. The normalized spacial score (nSPS) is 14.6. The summed E-state index contributed by atoms with van der Waals surface area (Å²) in [5, 5.41) is 0.711. The van der Waals surface area contributed by atoms with Gasteiger partial charge in [-0.25, -0.2) is 9.78 Å². The molecule has 0 saturated carbocycles. The van der Waals surface area contributed by atoms with Crippen molar-refractivity contribution in [2.24, 2.45) is 0 Å². The fraction of sp³-hybridized carbons (Fsp3) is 0.458. The van der Waals surface area contributed by atoms with E-state index in [1.807, 2.05) is 45.9 Å². The number of ether oxygens (including phenoxy) is 1. The molecule has 0 aliphatic carbocycles. The van der Waals surface area contributed by atoms with Crippen LogP contribution in [0.25, 0.3) is 10.2 Å². The molecule has 0 unspecified atom stereocenters. The van der Waals surface area contributed by atoms with Crippen LogP contribution in [-0.2, 0) is 17.8 Å². The van der Waals surface area contributed by atoms with Crippen LogP contribution in [0.15, 0.2) is 29.1 Å². The number of hydrogen-bond donors (Lipinski definition) is 0. The summed E-state index contributed by atoms with van der Waals surface area (Å²) in [6.45, 7) is 10.8. The zero-order valence-corrected chi connectivity index (χ0v) is 19.4. The summed E-state index contributed by atoms with van der Waals surface area (Å²) in [6, 6.07) is 7.33. The van der Waals surface area contributed by atoms with Crippen LogP contribution in [0.3, 0.4) is 0 Å². The molecule has 3 heterocycles. The minimum Gasteiger partial charge on any atom is -0.459 e. The molecule has 0 bridgehead atoms. The number of aromatic nitrogens is 2. The number of carbonyl (C=O) groups is 1. The molecule has 3 aromatic rings. The number of fused-ring (bicyclic) bond motifs is 1. The summed E-state index contributed by atoms with van der Waals surface area (Å²) in [5.74, 6) is 0.440. The maximum absolute atomic E-state index is 13.5. The Labute approximate surface area is 186 Å². The van der Waals surface area contributed by atoms with Gasteiger partial charge in [0.05, 0.1) is 30.1 Å². The fourth-order valence-electron chi connectivity index (χ4n) is 4.06. The van der Waals surface area contributed by atoms with Gasteiger partial charge in [-0.15, -0.1) is 11.3 Å². The predicted octanol–water partition coefficient (Wildman–Crippen LogP) is 4.28. The highest BCUT2D eigenvalue weighted by Crippen LogP contribution is 2.27. The Morgan fingerprint density at radius 2 is 1.94 bits per heavy atom. The Kier molecular flexibility index (Phi) is 6.25. The summed E-state index contributed by atoms with van der Waals surface area (Å²) in [4.78, 5) is 35.1. The van der Waals surface area contributed by atoms with Gasteiger partial charge in [-0.1, -0.05) is 12.1 Å². The van der Waals surface area contributed by atoms with E-state index in [2.05, 4.69) is 4.90 Å². The smallest absolute Gasteiger partial charge is 0.338 e. The number of rotatable bonds is 6. The van der Waals surface area contributed by atoms with Gasteiger partial charge in [-0.3, -0.25) is 14.3 Å². The number of benzene rings is 1. The molecule has 0 amide bonds. The van der Waals surface area contributed by atoms with Gasteiger partial charge in [0.15, 0.2) is 0 Å². The van der Waals surface area contributed by atoms with Gasteiger partial charge < -0.3 is 4.74 Å². The number of carbonyl (C=O) groups excluding carboxylic acids is 1. The second-order valence-corrected chi connectivity index (χ2v) is 9.72. The van der Waals surface area contributed by atoms with Crippen LogP contribution in [0.4, 0.5) is 0 Å². The molecule has 2 aromatic heterocycles. The molecular weight excluding hydrogens is 410 g/mol. The second-order valence-electron chi connectivity index (χ2n) is 8.52. The van der Waals surface area contributed by atoms with Crippen LogP contribution in [0, 0.1) is 13.8 Å². The van der Waals surface area contributed by atoms with Crippen LogP contribution in [0.2, 0.25) is 0 Å².